The predicted octanol–water partition coefficient (Wildman–Crippen LogP) is 5.76. The summed E-state index contributed by atoms with van der Waals surface area (Å²) < 4.78 is 48.3. The van der Waals surface area contributed by atoms with Gasteiger partial charge in [0.05, 0.1) is 10.6 Å². The van der Waals surface area contributed by atoms with Crippen LogP contribution in [0.4, 0.5) is 10.1 Å². The first-order chi connectivity index (χ1) is 20.5. The summed E-state index contributed by atoms with van der Waals surface area (Å²) >= 11 is 0. The van der Waals surface area contributed by atoms with Crippen LogP contribution in [0.3, 0.4) is 0 Å². The van der Waals surface area contributed by atoms with Gasteiger partial charge < -0.3 is 15.0 Å². The average molecular weight is 604 g/mol. The topological polar surface area (TPSA) is 96.0 Å². The van der Waals surface area contributed by atoms with Crippen LogP contribution in [-0.4, -0.2) is 43.8 Å². The van der Waals surface area contributed by atoms with Gasteiger partial charge in [-0.05, 0) is 87.0 Å². The zero-order valence-corrected chi connectivity index (χ0v) is 25.0. The molecule has 0 heterocycles. The number of para-hydroxylation sites is 1. The molecule has 0 spiro atoms. The number of hydrogen-bond acceptors (Lipinski definition) is 5. The molecule has 0 unspecified atom stereocenters. The van der Waals surface area contributed by atoms with Crippen molar-refractivity contribution < 1.29 is 27.1 Å². The van der Waals surface area contributed by atoms with Crippen LogP contribution in [-0.2, 0) is 26.2 Å². The summed E-state index contributed by atoms with van der Waals surface area (Å²) in [4.78, 5) is 28.3. The monoisotopic (exact) mass is 603 g/mol. The van der Waals surface area contributed by atoms with Crippen molar-refractivity contribution in [3.8, 4) is 11.5 Å². The van der Waals surface area contributed by atoms with Crippen molar-refractivity contribution in [1.82, 2.24) is 10.2 Å². The van der Waals surface area contributed by atoms with Crippen molar-refractivity contribution in [3.63, 3.8) is 0 Å². The van der Waals surface area contributed by atoms with E-state index >= 15 is 0 Å². The number of benzene rings is 4. The van der Waals surface area contributed by atoms with Crippen molar-refractivity contribution in [2.75, 3.05) is 10.8 Å². The number of nitrogens with one attached hydrogen (secondary N) is 1. The predicted molar refractivity (Wildman–Crippen MR) is 164 cm³/mol. The number of carbonyl (C=O) groups excluding carboxylic acids is 2. The Bertz CT molecular complexity index is 1620. The summed E-state index contributed by atoms with van der Waals surface area (Å²) in [5.74, 6) is -0.350. The van der Waals surface area contributed by atoms with Crippen LogP contribution in [0.25, 0.3) is 0 Å². The van der Waals surface area contributed by atoms with Gasteiger partial charge in [-0.25, -0.2) is 12.8 Å². The van der Waals surface area contributed by atoms with E-state index in [9.17, 15) is 22.4 Å². The molecule has 1 N–H and O–H groups in total. The molecule has 4 aromatic rings. The van der Waals surface area contributed by atoms with Gasteiger partial charge in [0.1, 0.15) is 29.9 Å². The molecule has 0 aromatic heterocycles. The molecule has 0 aliphatic carbocycles. The molecule has 2 amide bonds. The van der Waals surface area contributed by atoms with E-state index in [1.54, 1.807) is 75.4 Å². The number of ether oxygens (including phenoxy) is 1. The maximum atomic E-state index is 14.0. The Hall–Kier alpha value is -4.70. The summed E-state index contributed by atoms with van der Waals surface area (Å²) in [5.41, 5.74) is 0.817. The fraction of sp³-hybridized carbons (Fsp3) is 0.212. The summed E-state index contributed by atoms with van der Waals surface area (Å²) in [6, 6.07) is 27.8. The molecular formula is C33H34FN3O5S. The van der Waals surface area contributed by atoms with Gasteiger partial charge in [0, 0.05) is 12.6 Å². The first-order valence-electron chi connectivity index (χ1n) is 13.8. The Labute approximate surface area is 251 Å². The molecule has 8 nitrogen and oxygen atoms in total. The lowest BCUT2D eigenvalue weighted by atomic mass is 10.1. The maximum absolute atomic E-state index is 14.0. The zero-order valence-electron chi connectivity index (χ0n) is 24.2. The Balaban J connectivity index is 1.69. The number of halogens is 1. The van der Waals surface area contributed by atoms with E-state index < -0.39 is 40.2 Å². The average Bonchev–Trinajstić information content (AvgIpc) is 3.00. The smallest absolute Gasteiger partial charge is 0.264 e. The summed E-state index contributed by atoms with van der Waals surface area (Å²) in [7, 11) is -4.20. The minimum Gasteiger partial charge on any atom is -0.457 e. The van der Waals surface area contributed by atoms with E-state index in [2.05, 4.69) is 5.32 Å². The van der Waals surface area contributed by atoms with Crippen LogP contribution < -0.4 is 14.4 Å². The van der Waals surface area contributed by atoms with Gasteiger partial charge in [0.15, 0.2) is 0 Å². The number of sulfonamides is 1. The number of rotatable bonds is 12. The lowest BCUT2D eigenvalue weighted by molar-refractivity contribution is -0.139. The molecular weight excluding hydrogens is 569 g/mol. The molecule has 10 heteroatoms. The Morgan fingerprint density at radius 3 is 1.93 bits per heavy atom. The van der Waals surface area contributed by atoms with E-state index in [4.69, 9.17) is 4.74 Å². The highest BCUT2D eigenvalue weighted by molar-refractivity contribution is 7.92. The largest absolute Gasteiger partial charge is 0.457 e. The molecule has 224 valence electrons. The normalized spacial score (nSPS) is 11.9. The van der Waals surface area contributed by atoms with E-state index in [1.807, 2.05) is 18.2 Å². The fourth-order valence-electron chi connectivity index (χ4n) is 4.33. The van der Waals surface area contributed by atoms with Crippen LogP contribution >= 0.6 is 0 Å². The Morgan fingerprint density at radius 2 is 1.35 bits per heavy atom. The number of hydrogen-bond donors (Lipinski definition) is 1. The third-order valence-corrected chi connectivity index (χ3v) is 8.37. The first-order valence-corrected chi connectivity index (χ1v) is 15.2. The quantitative estimate of drug-likeness (QED) is 0.222. The second kappa shape index (κ2) is 14.0. The summed E-state index contributed by atoms with van der Waals surface area (Å²) in [5, 5.41) is 2.80. The summed E-state index contributed by atoms with van der Waals surface area (Å²) in [6.07, 6.45) is 0. The molecule has 43 heavy (non-hydrogen) atoms. The molecule has 0 saturated carbocycles. The SMILES string of the molecule is CC(C)NC(=O)[C@@H](C)N(Cc1ccc(F)cc1)C(=O)CN(c1ccc(Oc2ccccc2)cc1)S(=O)(=O)c1ccccc1. The molecule has 0 bridgehead atoms. The highest BCUT2D eigenvalue weighted by Crippen LogP contribution is 2.28. The van der Waals surface area contributed by atoms with Gasteiger partial charge in [-0.1, -0.05) is 48.5 Å². The van der Waals surface area contributed by atoms with E-state index in [0.29, 0.717) is 17.1 Å². The van der Waals surface area contributed by atoms with E-state index in [0.717, 1.165) is 4.31 Å². The minimum atomic E-state index is -4.20. The number of carbonyl (C=O) groups is 2. The van der Waals surface area contributed by atoms with Crippen molar-refractivity contribution in [2.45, 2.75) is 44.3 Å². The molecule has 1 atom stereocenters. The van der Waals surface area contributed by atoms with Crippen LogP contribution in [0.1, 0.15) is 26.3 Å². The van der Waals surface area contributed by atoms with Crippen LogP contribution in [0.5, 0.6) is 11.5 Å². The third-order valence-electron chi connectivity index (χ3n) is 6.58. The standard InChI is InChI=1S/C33H34FN3O5S/c1-24(2)35-33(39)25(3)36(22-26-14-16-27(34)17-15-26)32(38)23-37(43(40,41)31-12-8-5-9-13-31)28-18-20-30(21-19-28)42-29-10-6-4-7-11-29/h4-21,24-25H,22-23H2,1-3H3,(H,35,39)/t25-/m1/s1. The highest BCUT2D eigenvalue weighted by atomic mass is 32.2. The van der Waals surface area contributed by atoms with E-state index in [1.165, 1.54) is 41.3 Å². The zero-order chi connectivity index (χ0) is 31.0. The number of amides is 2. The Morgan fingerprint density at radius 1 is 0.791 bits per heavy atom. The van der Waals surface area contributed by atoms with Gasteiger partial charge in [-0.3, -0.25) is 13.9 Å². The second-order valence-corrected chi connectivity index (χ2v) is 12.1. The molecule has 0 saturated heterocycles. The third kappa shape index (κ3) is 8.20. The fourth-order valence-corrected chi connectivity index (χ4v) is 5.76. The van der Waals surface area contributed by atoms with Gasteiger partial charge in [-0.15, -0.1) is 0 Å². The lowest BCUT2D eigenvalue weighted by Crippen LogP contribution is -2.52. The van der Waals surface area contributed by atoms with Crippen molar-refractivity contribution in [1.29, 1.82) is 0 Å². The second-order valence-electron chi connectivity index (χ2n) is 10.2. The van der Waals surface area contributed by atoms with Crippen LogP contribution in [0.2, 0.25) is 0 Å². The van der Waals surface area contributed by atoms with Gasteiger partial charge in [0.2, 0.25) is 11.8 Å². The van der Waals surface area contributed by atoms with Gasteiger partial charge in [0.25, 0.3) is 10.0 Å². The molecule has 0 aliphatic heterocycles. The molecule has 4 aromatic carbocycles. The summed E-state index contributed by atoms with van der Waals surface area (Å²) in [6.45, 7) is 4.56. The van der Waals surface area contributed by atoms with Crippen molar-refractivity contribution in [2.24, 2.45) is 0 Å². The van der Waals surface area contributed by atoms with Crippen LogP contribution in [0, 0.1) is 5.82 Å². The molecule has 0 fully saturated rings. The number of nitrogens with zero attached hydrogens (tertiary/aromatic N) is 2. The first kappa shape index (κ1) is 31.2. The highest BCUT2D eigenvalue weighted by Gasteiger charge is 2.32. The molecule has 4 rings (SSSR count). The molecule has 0 radical (unpaired) electrons. The Kier molecular flexibility index (Phi) is 10.2. The maximum Gasteiger partial charge on any atom is 0.264 e. The number of anilines is 1. The lowest BCUT2D eigenvalue weighted by Gasteiger charge is -2.32. The van der Waals surface area contributed by atoms with Crippen molar-refractivity contribution >= 4 is 27.5 Å². The minimum absolute atomic E-state index is 0.00287. The van der Waals surface area contributed by atoms with Crippen molar-refractivity contribution in [3.05, 3.63) is 121 Å². The van der Waals surface area contributed by atoms with Gasteiger partial charge in [-0.2, -0.15) is 0 Å². The van der Waals surface area contributed by atoms with E-state index in [-0.39, 0.29) is 23.2 Å². The van der Waals surface area contributed by atoms with Crippen LogP contribution in [0.15, 0.2) is 114 Å². The van der Waals surface area contributed by atoms with Gasteiger partial charge >= 0.3 is 0 Å². The molecule has 0 aliphatic rings.